The third kappa shape index (κ3) is 6.76. The number of rotatable bonds is 6. The van der Waals surface area contributed by atoms with Crippen molar-refractivity contribution in [2.75, 3.05) is 24.6 Å². The first-order valence-electron chi connectivity index (χ1n) is 9.35. The second-order valence-corrected chi connectivity index (χ2v) is 7.15. The molecule has 1 aliphatic rings. The molecule has 1 aromatic heterocycles. The Morgan fingerprint density at radius 1 is 1.13 bits per heavy atom. The fourth-order valence-electron chi connectivity index (χ4n) is 3.20. The number of alkyl halides is 6. The molecule has 1 aliphatic heterocycles. The number of halogens is 6. The number of aromatic nitrogens is 1. The van der Waals surface area contributed by atoms with E-state index < -0.39 is 24.5 Å². The zero-order valence-corrected chi connectivity index (χ0v) is 16.1. The maximum atomic E-state index is 12.9. The highest BCUT2D eigenvalue weighted by Gasteiger charge is 2.32. The number of anilines is 1. The van der Waals surface area contributed by atoms with E-state index in [4.69, 9.17) is 0 Å². The average molecular weight is 447 g/mol. The number of carbonyl (C=O) groups excluding carboxylic acids is 1. The minimum absolute atomic E-state index is 0.0150. The molecule has 0 aliphatic carbocycles. The van der Waals surface area contributed by atoms with Crippen LogP contribution in [0.15, 0.2) is 42.7 Å². The van der Waals surface area contributed by atoms with Crippen molar-refractivity contribution in [3.05, 3.63) is 53.9 Å². The van der Waals surface area contributed by atoms with Crippen LogP contribution in [0.3, 0.4) is 0 Å². The maximum absolute atomic E-state index is 12.9. The molecular weight excluding hydrogens is 428 g/mol. The molecule has 0 radical (unpaired) electrons. The van der Waals surface area contributed by atoms with Crippen LogP contribution >= 0.6 is 0 Å². The number of benzene rings is 1. The van der Waals surface area contributed by atoms with Crippen LogP contribution in [0.25, 0.3) is 0 Å². The summed E-state index contributed by atoms with van der Waals surface area (Å²) >= 11 is 0. The molecule has 0 saturated carbocycles. The molecule has 0 bridgehead atoms. The number of carbonyl (C=O) groups is 1. The molecule has 0 spiro atoms. The van der Waals surface area contributed by atoms with Crippen molar-refractivity contribution in [2.45, 2.75) is 31.2 Å². The van der Waals surface area contributed by atoms with E-state index in [9.17, 15) is 31.1 Å². The molecule has 1 amide bonds. The van der Waals surface area contributed by atoms with E-state index in [1.807, 2.05) is 0 Å². The Bertz CT molecular complexity index is 899. The molecule has 1 fully saturated rings. The van der Waals surface area contributed by atoms with Gasteiger partial charge in [-0.15, -0.1) is 0 Å². The Labute approximate surface area is 174 Å². The van der Waals surface area contributed by atoms with Gasteiger partial charge in [0, 0.05) is 25.3 Å². The van der Waals surface area contributed by atoms with Gasteiger partial charge in [0.05, 0.1) is 23.9 Å². The van der Waals surface area contributed by atoms with E-state index in [0.717, 1.165) is 12.3 Å². The van der Waals surface area contributed by atoms with Crippen LogP contribution in [-0.2, 0) is 17.4 Å². The normalized spacial score (nSPS) is 17.0. The number of amides is 1. The first-order chi connectivity index (χ1) is 14.5. The molecule has 0 unspecified atom stereocenters. The first kappa shape index (κ1) is 22.7. The van der Waals surface area contributed by atoms with Crippen molar-refractivity contribution < 1.29 is 35.9 Å². The highest BCUT2D eigenvalue weighted by Crippen LogP contribution is 2.31. The smallest absolute Gasteiger partial charge is 0.422 e. The minimum atomic E-state index is -4.48. The third-order valence-electron chi connectivity index (χ3n) is 4.66. The molecule has 11 heteroatoms. The summed E-state index contributed by atoms with van der Waals surface area (Å²) in [6.45, 7) is -0.579. The van der Waals surface area contributed by atoms with E-state index in [0.29, 0.717) is 30.8 Å². The summed E-state index contributed by atoms with van der Waals surface area (Å²) in [7, 11) is 0. The number of nitrogens with one attached hydrogen (secondary N) is 1. The lowest BCUT2D eigenvalue weighted by Crippen LogP contribution is -2.38. The van der Waals surface area contributed by atoms with Gasteiger partial charge in [-0.25, -0.2) is 0 Å². The van der Waals surface area contributed by atoms with Gasteiger partial charge in [0.15, 0.2) is 6.61 Å². The fourth-order valence-corrected chi connectivity index (χ4v) is 3.20. The number of hydrogen-bond acceptors (Lipinski definition) is 4. The van der Waals surface area contributed by atoms with Crippen LogP contribution in [0.1, 0.15) is 17.5 Å². The Balaban J connectivity index is 1.50. The largest absolute Gasteiger partial charge is 0.484 e. The molecular formula is C20H19F6N3O2. The summed E-state index contributed by atoms with van der Waals surface area (Å²) in [4.78, 5) is 17.6. The third-order valence-corrected chi connectivity index (χ3v) is 4.66. The summed E-state index contributed by atoms with van der Waals surface area (Å²) in [5, 5.41) is 2.83. The predicted molar refractivity (Wildman–Crippen MR) is 99.7 cm³/mol. The van der Waals surface area contributed by atoms with Crippen molar-refractivity contribution in [1.29, 1.82) is 0 Å². The van der Waals surface area contributed by atoms with E-state index in [1.165, 1.54) is 30.5 Å². The second kappa shape index (κ2) is 9.03. The summed E-state index contributed by atoms with van der Waals surface area (Å²) < 4.78 is 79.7. The number of ether oxygens (including phenoxy) is 1. The van der Waals surface area contributed by atoms with Crippen LogP contribution in [0, 0.1) is 0 Å². The molecule has 31 heavy (non-hydrogen) atoms. The number of nitrogens with zero attached hydrogens (tertiary/aromatic N) is 2. The van der Waals surface area contributed by atoms with Crippen LogP contribution in [-0.4, -0.2) is 42.8 Å². The first-order valence-corrected chi connectivity index (χ1v) is 9.35. The SMILES string of the molecule is O=C(Cc1ccc(OCC(F)(F)F)cc1)N[C@@H]1CCN(c2cncc(C(F)(F)F)c2)C1. The summed E-state index contributed by atoms with van der Waals surface area (Å²) in [6, 6.07) is 6.50. The summed E-state index contributed by atoms with van der Waals surface area (Å²) in [6.07, 6.45) is -6.23. The minimum Gasteiger partial charge on any atom is -0.484 e. The zero-order valence-electron chi connectivity index (χ0n) is 16.1. The molecule has 5 nitrogen and oxygen atoms in total. The van der Waals surface area contributed by atoms with Crippen molar-refractivity contribution in [2.24, 2.45) is 0 Å². The summed E-state index contributed by atoms with van der Waals surface area (Å²) in [5.41, 5.74) is 0.0926. The van der Waals surface area contributed by atoms with Gasteiger partial charge in [-0.2, -0.15) is 26.3 Å². The zero-order chi connectivity index (χ0) is 22.6. The standard InChI is InChI=1S/C20H19F6N3O2/c21-19(22,23)12-31-17-3-1-13(2-4-17)7-18(30)28-15-5-6-29(11-15)16-8-14(9-27-10-16)20(24,25)26/h1-4,8-10,15H,5-7,11-12H2,(H,28,30)/t15-/m1/s1. The van der Waals surface area contributed by atoms with E-state index in [-0.39, 0.29) is 24.1 Å². The maximum Gasteiger partial charge on any atom is 0.422 e. The van der Waals surface area contributed by atoms with Gasteiger partial charge in [0.1, 0.15) is 5.75 Å². The van der Waals surface area contributed by atoms with E-state index in [1.54, 1.807) is 4.90 Å². The molecule has 2 aromatic rings. The van der Waals surface area contributed by atoms with Crippen molar-refractivity contribution >= 4 is 11.6 Å². The fraction of sp³-hybridized carbons (Fsp3) is 0.400. The van der Waals surface area contributed by atoms with Gasteiger partial charge in [-0.05, 0) is 30.2 Å². The molecule has 3 rings (SSSR count). The molecule has 2 heterocycles. The number of hydrogen-bond donors (Lipinski definition) is 1. The molecule has 1 N–H and O–H groups in total. The molecule has 1 aromatic carbocycles. The second-order valence-electron chi connectivity index (χ2n) is 7.15. The molecule has 1 saturated heterocycles. The Hall–Kier alpha value is -2.98. The monoisotopic (exact) mass is 447 g/mol. The number of pyridine rings is 1. The highest BCUT2D eigenvalue weighted by atomic mass is 19.4. The van der Waals surface area contributed by atoms with Crippen LogP contribution in [0.5, 0.6) is 5.75 Å². The highest BCUT2D eigenvalue weighted by molar-refractivity contribution is 5.79. The average Bonchev–Trinajstić information content (AvgIpc) is 3.14. The lowest BCUT2D eigenvalue weighted by Gasteiger charge is -2.20. The van der Waals surface area contributed by atoms with E-state index in [2.05, 4.69) is 15.0 Å². The van der Waals surface area contributed by atoms with Gasteiger partial charge in [0.2, 0.25) is 5.91 Å². The van der Waals surface area contributed by atoms with Gasteiger partial charge < -0.3 is 15.0 Å². The summed E-state index contributed by atoms with van der Waals surface area (Å²) in [5.74, 6) is -0.249. The van der Waals surface area contributed by atoms with Gasteiger partial charge in [-0.3, -0.25) is 9.78 Å². The predicted octanol–water partition coefficient (Wildman–Crippen LogP) is 3.98. The van der Waals surface area contributed by atoms with Gasteiger partial charge in [-0.1, -0.05) is 12.1 Å². The lowest BCUT2D eigenvalue weighted by molar-refractivity contribution is -0.153. The Morgan fingerprint density at radius 3 is 2.48 bits per heavy atom. The van der Waals surface area contributed by atoms with Crippen LogP contribution in [0.4, 0.5) is 32.0 Å². The van der Waals surface area contributed by atoms with Gasteiger partial charge in [0.25, 0.3) is 0 Å². The Kier molecular flexibility index (Phi) is 6.61. The Morgan fingerprint density at radius 2 is 1.84 bits per heavy atom. The van der Waals surface area contributed by atoms with E-state index >= 15 is 0 Å². The van der Waals surface area contributed by atoms with Crippen LogP contribution in [0.2, 0.25) is 0 Å². The topological polar surface area (TPSA) is 54.5 Å². The van der Waals surface area contributed by atoms with Crippen molar-refractivity contribution in [3.63, 3.8) is 0 Å². The lowest BCUT2D eigenvalue weighted by atomic mass is 10.1. The van der Waals surface area contributed by atoms with Crippen molar-refractivity contribution in [1.82, 2.24) is 10.3 Å². The quantitative estimate of drug-likeness (QED) is 0.681. The molecule has 168 valence electrons. The molecule has 1 atom stereocenters. The van der Waals surface area contributed by atoms with Crippen molar-refractivity contribution in [3.8, 4) is 5.75 Å². The van der Waals surface area contributed by atoms with Gasteiger partial charge >= 0.3 is 12.4 Å². The van der Waals surface area contributed by atoms with Crippen LogP contribution < -0.4 is 15.0 Å².